The fraction of sp³-hybridized carbons (Fsp3) is 0.414. The second kappa shape index (κ2) is 10.4. The van der Waals surface area contributed by atoms with Gasteiger partial charge in [0, 0.05) is 17.5 Å². The van der Waals surface area contributed by atoms with Gasteiger partial charge in [-0.05, 0) is 42.7 Å². The van der Waals surface area contributed by atoms with Gasteiger partial charge in [0.2, 0.25) is 18.6 Å². The van der Waals surface area contributed by atoms with Crippen LogP contribution in [-0.2, 0) is 15.0 Å². The Balaban J connectivity index is 1.76. The molecular weight excluding hydrogens is 500 g/mol. The molecule has 2 aliphatic heterocycles. The summed E-state index contributed by atoms with van der Waals surface area (Å²) in [5.74, 6) is 1.97. The summed E-state index contributed by atoms with van der Waals surface area (Å²) in [5, 5.41) is 7.90. The molecule has 9 heteroatoms. The second-order valence-electron chi connectivity index (χ2n) is 10.7. The lowest BCUT2D eigenvalue weighted by molar-refractivity contribution is -0.122. The molecule has 0 spiro atoms. The van der Waals surface area contributed by atoms with Crippen molar-refractivity contribution < 1.29 is 19.1 Å². The van der Waals surface area contributed by atoms with Crippen molar-refractivity contribution in [3.63, 3.8) is 0 Å². The molecule has 1 atom stereocenters. The third-order valence-electron chi connectivity index (χ3n) is 6.72. The lowest BCUT2D eigenvalue weighted by Crippen LogP contribution is -2.42. The normalized spacial score (nSPS) is 16.8. The minimum absolute atomic E-state index is 0.0680. The van der Waals surface area contributed by atoms with Crippen LogP contribution < -0.4 is 19.7 Å². The van der Waals surface area contributed by atoms with Crippen molar-refractivity contribution in [3.8, 4) is 17.2 Å². The van der Waals surface area contributed by atoms with Crippen molar-refractivity contribution in [2.45, 2.75) is 51.7 Å². The number of hydrogen-bond acceptors (Lipinski definition) is 6. The Morgan fingerprint density at radius 3 is 2.66 bits per heavy atom. The molecule has 0 radical (unpaired) electrons. The molecule has 3 aromatic rings. The van der Waals surface area contributed by atoms with Gasteiger partial charge in [0.05, 0.1) is 22.4 Å². The average Bonchev–Trinajstić information content (AvgIpc) is 3.48. The van der Waals surface area contributed by atoms with E-state index in [1.54, 1.807) is 16.7 Å². The molecule has 5 rings (SSSR count). The first-order valence-electron chi connectivity index (χ1n) is 13.0. The van der Waals surface area contributed by atoms with Crippen LogP contribution in [0.5, 0.6) is 11.5 Å². The Morgan fingerprint density at radius 1 is 1.16 bits per heavy atom. The molecule has 0 saturated heterocycles. The molecule has 2 amide bonds. The third-order valence-corrected chi connectivity index (χ3v) is 7.97. The number of nitrogens with zero attached hydrogens (tertiary/aromatic N) is 3. The molecule has 8 nitrogen and oxygen atoms in total. The number of ether oxygens (including phenoxy) is 2. The molecule has 1 unspecified atom stereocenters. The number of para-hydroxylation sites is 1. The van der Waals surface area contributed by atoms with Crippen LogP contribution in [0.25, 0.3) is 5.69 Å². The smallest absolute Gasteiger partial charge is 0.240 e. The molecule has 200 valence electrons. The quantitative estimate of drug-likeness (QED) is 0.484. The number of hydrogen-bond donors (Lipinski definition) is 1. The zero-order valence-electron chi connectivity index (χ0n) is 22.5. The lowest BCUT2D eigenvalue weighted by atomic mass is 9.87. The topological polar surface area (TPSA) is 85.7 Å². The first-order chi connectivity index (χ1) is 18.2. The summed E-state index contributed by atoms with van der Waals surface area (Å²) in [7, 11) is 0. The number of carbonyl (C=O) groups excluding carboxylic acids is 2. The van der Waals surface area contributed by atoms with Crippen LogP contribution in [0.4, 0.5) is 5.82 Å². The summed E-state index contributed by atoms with van der Waals surface area (Å²) in [4.78, 5) is 28.3. The van der Waals surface area contributed by atoms with E-state index in [0.717, 1.165) is 34.5 Å². The number of amides is 2. The molecular formula is C29H34N4O4S. The van der Waals surface area contributed by atoms with Crippen LogP contribution in [0.1, 0.15) is 61.7 Å². The van der Waals surface area contributed by atoms with E-state index in [2.05, 4.69) is 26.1 Å². The summed E-state index contributed by atoms with van der Waals surface area (Å²) in [5.41, 5.74) is 4.41. The summed E-state index contributed by atoms with van der Waals surface area (Å²) in [6, 6.07) is 13.9. The average molecular weight is 535 g/mol. The van der Waals surface area contributed by atoms with Gasteiger partial charge in [-0.2, -0.15) is 5.10 Å². The summed E-state index contributed by atoms with van der Waals surface area (Å²) >= 11 is 1.55. The Hall–Kier alpha value is -3.46. The Kier molecular flexibility index (Phi) is 7.13. The van der Waals surface area contributed by atoms with Crippen LogP contribution in [0.2, 0.25) is 0 Å². The van der Waals surface area contributed by atoms with Crippen LogP contribution in [0, 0.1) is 6.92 Å². The maximum atomic E-state index is 13.7. The highest BCUT2D eigenvalue weighted by Crippen LogP contribution is 2.50. The molecule has 0 aliphatic carbocycles. The monoisotopic (exact) mass is 534 g/mol. The first kappa shape index (κ1) is 26.2. The minimum Gasteiger partial charge on any atom is -0.454 e. The highest BCUT2D eigenvalue weighted by atomic mass is 32.2. The van der Waals surface area contributed by atoms with E-state index in [0.29, 0.717) is 23.9 Å². The van der Waals surface area contributed by atoms with Gasteiger partial charge in [-0.15, -0.1) is 11.8 Å². The lowest BCUT2D eigenvalue weighted by Gasteiger charge is -2.25. The number of carbonyl (C=O) groups is 2. The molecule has 0 saturated carbocycles. The van der Waals surface area contributed by atoms with E-state index in [1.165, 1.54) is 0 Å². The third kappa shape index (κ3) is 4.87. The van der Waals surface area contributed by atoms with Crippen LogP contribution in [-0.4, -0.2) is 47.2 Å². The predicted octanol–water partition coefficient (Wildman–Crippen LogP) is 4.90. The summed E-state index contributed by atoms with van der Waals surface area (Å²) in [6.07, 6.45) is 0.822. The van der Waals surface area contributed by atoms with Gasteiger partial charge in [-0.25, -0.2) is 4.68 Å². The molecule has 1 N–H and O–H groups in total. The number of rotatable bonds is 6. The first-order valence-corrected chi connectivity index (χ1v) is 14.0. The van der Waals surface area contributed by atoms with Gasteiger partial charge in [-0.1, -0.05) is 52.0 Å². The van der Waals surface area contributed by atoms with Crippen LogP contribution >= 0.6 is 11.8 Å². The molecule has 2 aromatic carbocycles. The molecule has 0 bridgehead atoms. The molecule has 3 heterocycles. The Labute approximate surface area is 227 Å². The van der Waals surface area contributed by atoms with E-state index in [1.807, 2.05) is 61.0 Å². The van der Waals surface area contributed by atoms with Gasteiger partial charge < -0.3 is 14.8 Å². The van der Waals surface area contributed by atoms with Gasteiger partial charge >= 0.3 is 0 Å². The van der Waals surface area contributed by atoms with E-state index < -0.39 is 0 Å². The van der Waals surface area contributed by atoms with E-state index >= 15 is 0 Å². The van der Waals surface area contributed by atoms with Gasteiger partial charge in [0.15, 0.2) is 11.5 Å². The maximum Gasteiger partial charge on any atom is 0.240 e. The molecule has 0 fully saturated rings. The van der Waals surface area contributed by atoms with E-state index in [9.17, 15) is 9.59 Å². The minimum atomic E-state index is -0.323. The molecule has 38 heavy (non-hydrogen) atoms. The Morgan fingerprint density at radius 2 is 1.92 bits per heavy atom. The fourth-order valence-corrected chi connectivity index (χ4v) is 6.03. The second-order valence-corrected chi connectivity index (χ2v) is 11.8. The highest BCUT2D eigenvalue weighted by Gasteiger charge is 2.40. The predicted molar refractivity (Wildman–Crippen MR) is 150 cm³/mol. The van der Waals surface area contributed by atoms with Crippen molar-refractivity contribution >= 4 is 29.4 Å². The zero-order chi connectivity index (χ0) is 27.0. The maximum absolute atomic E-state index is 13.7. The largest absolute Gasteiger partial charge is 0.454 e. The zero-order valence-corrected chi connectivity index (χ0v) is 23.4. The van der Waals surface area contributed by atoms with E-state index in [-0.39, 0.29) is 41.6 Å². The van der Waals surface area contributed by atoms with Gasteiger partial charge in [0.1, 0.15) is 12.4 Å². The summed E-state index contributed by atoms with van der Waals surface area (Å²) < 4.78 is 13.1. The van der Waals surface area contributed by atoms with Crippen molar-refractivity contribution in [1.29, 1.82) is 0 Å². The number of aryl methyl sites for hydroxylation is 1. The van der Waals surface area contributed by atoms with Crippen LogP contribution in [0.15, 0.2) is 42.5 Å². The van der Waals surface area contributed by atoms with Gasteiger partial charge in [0.25, 0.3) is 0 Å². The van der Waals surface area contributed by atoms with Crippen molar-refractivity contribution in [1.82, 2.24) is 15.1 Å². The van der Waals surface area contributed by atoms with E-state index in [4.69, 9.17) is 14.6 Å². The number of thioether (sulfide) groups is 1. The number of aromatic nitrogens is 2. The summed E-state index contributed by atoms with van der Waals surface area (Å²) in [6.45, 7) is 11.1. The van der Waals surface area contributed by atoms with Gasteiger partial charge in [-0.3, -0.25) is 14.5 Å². The number of anilines is 1. The SMILES string of the molecule is CCCNC(=O)CN1C(=O)CSC(c2ccc3c(c2)OCO3)c2c(C(C)(C)C)nn(-c3ccccc3C)c21. The molecule has 1 aromatic heterocycles. The standard InChI is InChI=1S/C29H34N4O4S/c1-6-13-30-23(34)15-32-24(35)16-38-26(19-11-12-21-22(14-19)37-17-36-21)25-27(29(3,4)5)31-33(28(25)32)20-10-8-7-9-18(20)2/h7-12,14,26H,6,13,15-17H2,1-5H3,(H,30,34). The highest BCUT2D eigenvalue weighted by molar-refractivity contribution is 8.00. The number of nitrogens with one attached hydrogen (secondary N) is 1. The molecule has 2 aliphatic rings. The Bertz CT molecular complexity index is 1380. The van der Waals surface area contributed by atoms with Crippen molar-refractivity contribution in [3.05, 3.63) is 64.8 Å². The number of fused-ring (bicyclic) bond motifs is 2. The number of benzene rings is 2. The van der Waals surface area contributed by atoms with Crippen molar-refractivity contribution in [2.75, 3.05) is 30.5 Å². The van der Waals surface area contributed by atoms with Crippen molar-refractivity contribution in [2.24, 2.45) is 0 Å². The van der Waals surface area contributed by atoms with Crippen LogP contribution in [0.3, 0.4) is 0 Å². The fourth-order valence-electron chi connectivity index (χ4n) is 4.85.